The van der Waals surface area contributed by atoms with Gasteiger partial charge >= 0.3 is 5.91 Å². The van der Waals surface area contributed by atoms with Gasteiger partial charge in [-0.3, -0.25) is 10.4 Å². The van der Waals surface area contributed by atoms with Gasteiger partial charge < -0.3 is 0 Å². The highest BCUT2D eigenvalue weighted by atomic mass is 16.2. The number of hydrogen-bond acceptors (Lipinski definition) is 3. The molecule has 0 spiro atoms. The molecule has 1 amide bonds. The zero-order valence-corrected chi connectivity index (χ0v) is 14.9. The van der Waals surface area contributed by atoms with E-state index in [1.54, 1.807) is 24.5 Å². The predicted octanol–water partition coefficient (Wildman–Crippen LogP) is 4.17. The second-order valence-corrected chi connectivity index (χ2v) is 6.16. The van der Waals surface area contributed by atoms with Crippen molar-refractivity contribution in [2.75, 3.05) is 0 Å². The van der Waals surface area contributed by atoms with Gasteiger partial charge in [-0.1, -0.05) is 43.0 Å². The molecular weight excluding hydrogens is 334 g/mol. The Labute approximate surface area is 158 Å². The number of pyridine rings is 1. The molecule has 2 aromatic carbocycles. The molecule has 4 nitrogen and oxygen atoms in total. The predicted molar refractivity (Wildman–Crippen MR) is 108 cm³/mol. The van der Waals surface area contributed by atoms with Crippen molar-refractivity contribution in [3.63, 3.8) is 0 Å². The lowest BCUT2D eigenvalue weighted by atomic mass is 10.0. The number of aromatic nitrogens is 1. The molecule has 132 valence electrons. The topological polar surface area (TPSA) is 56.8 Å². The lowest BCUT2D eigenvalue weighted by molar-refractivity contribution is -0.353. The fourth-order valence-electron chi connectivity index (χ4n) is 2.71. The van der Waals surface area contributed by atoms with Gasteiger partial charge in [0.25, 0.3) is 0 Å². The molecule has 3 aromatic rings. The lowest BCUT2D eigenvalue weighted by Gasteiger charge is -2.06. The summed E-state index contributed by atoms with van der Waals surface area (Å²) in [6.07, 6.45) is 3.83. The number of hydrogen-bond donors (Lipinski definition) is 1. The molecule has 0 saturated carbocycles. The van der Waals surface area contributed by atoms with Crippen LogP contribution in [0.25, 0.3) is 0 Å². The molecule has 1 aromatic heterocycles. The van der Waals surface area contributed by atoms with Gasteiger partial charge in [-0.05, 0) is 29.3 Å². The molecular formula is C23H20N3O+. The van der Waals surface area contributed by atoms with Gasteiger partial charge in [0.05, 0.1) is 11.3 Å². The van der Waals surface area contributed by atoms with E-state index in [0.717, 1.165) is 16.7 Å². The zero-order chi connectivity index (χ0) is 19.2. The van der Waals surface area contributed by atoms with E-state index in [1.807, 2.05) is 54.6 Å². The molecule has 0 aliphatic heterocycles. The Hall–Kier alpha value is -3.66. The summed E-state index contributed by atoms with van der Waals surface area (Å²) in [5, 5.41) is 8.31. The van der Waals surface area contributed by atoms with E-state index in [2.05, 4.69) is 18.3 Å². The summed E-state index contributed by atoms with van der Waals surface area (Å²) in [5.41, 5.74) is 4.08. The molecule has 0 aliphatic carbocycles. The molecule has 3 rings (SSSR count). The molecule has 0 atom stereocenters. The summed E-state index contributed by atoms with van der Waals surface area (Å²) >= 11 is 0. The summed E-state index contributed by atoms with van der Waals surface area (Å²) in [4.78, 5) is 16.6. The van der Waals surface area contributed by atoms with Gasteiger partial charge in [-0.15, -0.1) is 4.58 Å². The van der Waals surface area contributed by atoms with Crippen molar-refractivity contribution in [1.29, 1.82) is 5.41 Å². The van der Waals surface area contributed by atoms with E-state index in [9.17, 15) is 4.79 Å². The monoisotopic (exact) mass is 354 g/mol. The first-order chi connectivity index (χ1) is 13.1. The minimum atomic E-state index is -0.246. The van der Waals surface area contributed by atoms with Gasteiger partial charge in [0.1, 0.15) is 6.72 Å². The standard InChI is InChI=1S/C23H20N3O/c1-17(15-18-7-6-14-25-16-18)23(27)26(2)21-12-10-20(11-13-21)22(24)19-8-4-3-5-9-19/h3-14,16,24H,1-2,15H2/q+1. The Morgan fingerprint density at radius 1 is 0.963 bits per heavy atom. The third-order valence-corrected chi connectivity index (χ3v) is 4.22. The Balaban J connectivity index is 1.71. The molecule has 27 heavy (non-hydrogen) atoms. The summed E-state index contributed by atoms with van der Waals surface area (Å²) in [6, 6.07) is 20.5. The average Bonchev–Trinajstić information content (AvgIpc) is 2.73. The molecule has 0 unspecified atom stereocenters. The zero-order valence-electron chi connectivity index (χ0n) is 14.9. The first kappa shape index (κ1) is 18.1. The minimum Gasteiger partial charge on any atom is -0.300 e. The van der Waals surface area contributed by atoms with Crippen LogP contribution < -0.4 is 0 Å². The largest absolute Gasteiger partial charge is 0.420 e. The van der Waals surface area contributed by atoms with Crippen LogP contribution >= 0.6 is 0 Å². The van der Waals surface area contributed by atoms with Gasteiger partial charge in [0.2, 0.25) is 5.69 Å². The van der Waals surface area contributed by atoms with Crippen molar-refractivity contribution in [2.45, 2.75) is 6.42 Å². The Kier molecular flexibility index (Phi) is 5.47. The van der Waals surface area contributed by atoms with Crippen LogP contribution in [0.4, 0.5) is 5.69 Å². The highest BCUT2D eigenvalue weighted by Crippen LogP contribution is 2.18. The van der Waals surface area contributed by atoms with E-state index in [-0.39, 0.29) is 5.91 Å². The van der Waals surface area contributed by atoms with Crippen LogP contribution in [0, 0.1) is 5.41 Å². The van der Waals surface area contributed by atoms with Crippen LogP contribution in [-0.4, -0.2) is 27.9 Å². The smallest absolute Gasteiger partial charge is 0.300 e. The number of amides is 1. The maximum Gasteiger partial charge on any atom is 0.420 e. The number of nitrogens with zero attached hydrogens (tertiary/aromatic N) is 2. The molecule has 0 aliphatic rings. The lowest BCUT2D eigenvalue weighted by Crippen LogP contribution is -2.17. The van der Waals surface area contributed by atoms with Crippen molar-refractivity contribution in [2.24, 2.45) is 0 Å². The van der Waals surface area contributed by atoms with Crippen molar-refractivity contribution >= 4 is 24.0 Å². The first-order valence-electron chi connectivity index (χ1n) is 8.52. The molecule has 0 radical (unpaired) electrons. The number of nitrogens with one attached hydrogen (secondary N) is 1. The van der Waals surface area contributed by atoms with Crippen LogP contribution in [0.3, 0.4) is 0 Å². The molecule has 4 heteroatoms. The average molecular weight is 354 g/mol. The third kappa shape index (κ3) is 4.30. The quantitative estimate of drug-likeness (QED) is 0.410. The normalized spacial score (nSPS) is 10.2. The first-order valence-corrected chi connectivity index (χ1v) is 8.52. The summed E-state index contributed by atoms with van der Waals surface area (Å²) in [5.74, 6) is -0.246. The molecule has 1 N–H and O–H groups in total. The van der Waals surface area contributed by atoms with Gasteiger partial charge in [-0.25, -0.2) is 4.79 Å². The number of carbonyl (C=O) groups excluding carboxylic acids is 1. The summed E-state index contributed by atoms with van der Waals surface area (Å²) in [6.45, 7) is 7.75. The van der Waals surface area contributed by atoms with E-state index in [0.29, 0.717) is 23.4 Å². The van der Waals surface area contributed by atoms with Crippen molar-refractivity contribution < 1.29 is 9.37 Å². The van der Waals surface area contributed by atoms with Gasteiger partial charge in [-0.2, -0.15) is 0 Å². The molecule has 0 fully saturated rings. The maximum absolute atomic E-state index is 12.6. The van der Waals surface area contributed by atoms with Crippen molar-refractivity contribution in [3.8, 4) is 0 Å². The van der Waals surface area contributed by atoms with Crippen molar-refractivity contribution in [1.82, 2.24) is 4.98 Å². The highest BCUT2D eigenvalue weighted by molar-refractivity contribution is 6.10. The van der Waals surface area contributed by atoms with Gasteiger partial charge in [0, 0.05) is 36.5 Å². The highest BCUT2D eigenvalue weighted by Gasteiger charge is 2.22. The van der Waals surface area contributed by atoms with Crippen LogP contribution in [0.5, 0.6) is 0 Å². The summed E-state index contributed by atoms with van der Waals surface area (Å²) < 4.78 is 1.33. The van der Waals surface area contributed by atoms with Crippen LogP contribution in [0.2, 0.25) is 0 Å². The van der Waals surface area contributed by atoms with Crippen LogP contribution in [0.1, 0.15) is 16.7 Å². The Morgan fingerprint density at radius 2 is 1.63 bits per heavy atom. The molecule has 0 saturated heterocycles. The molecule has 0 bridgehead atoms. The minimum absolute atomic E-state index is 0.246. The van der Waals surface area contributed by atoms with E-state index in [4.69, 9.17) is 5.41 Å². The number of rotatable bonds is 6. The van der Waals surface area contributed by atoms with Gasteiger partial charge in [0.15, 0.2) is 0 Å². The SMILES string of the molecule is C=C(Cc1cccnc1)C(=O)[N+](=C)c1ccc(C(=N)c2ccccc2)cc1. The molecule has 1 heterocycles. The van der Waals surface area contributed by atoms with Crippen LogP contribution in [-0.2, 0) is 11.2 Å². The van der Waals surface area contributed by atoms with E-state index in [1.165, 1.54) is 4.58 Å². The third-order valence-electron chi connectivity index (χ3n) is 4.22. The number of carbonyl (C=O) groups is 1. The van der Waals surface area contributed by atoms with E-state index >= 15 is 0 Å². The Bertz CT molecular complexity index is 991. The van der Waals surface area contributed by atoms with Crippen molar-refractivity contribution in [3.05, 3.63) is 108 Å². The summed E-state index contributed by atoms with van der Waals surface area (Å²) in [7, 11) is 0. The van der Waals surface area contributed by atoms with Crippen LogP contribution in [0.15, 0.2) is 91.3 Å². The fraction of sp³-hybridized carbons (Fsp3) is 0.0435. The maximum atomic E-state index is 12.6. The number of benzene rings is 2. The second kappa shape index (κ2) is 8.15. The fourth-order valence-corrected chi connectivity index (χ4v) is 2.71. The second-order valence-electron chi connectivity index (χ2n) is 6.16. The van der Waals surface area contributed by atoms with E-state index < -0.39 is 0 Å². The Morgan fingerprint density at radius 3 is 2.26 bits per heavy atom.